The van der Waals surface area contributed by atoms with E-state index in [9.17, 15) is 0 Å². The molecule has 0 amide bonds. The third kappa shape index (κ3) is 4.34. The van der Waals surface area contributed by atoms with E-state index in [2.05, 4.69) is 34.6 Å². The molecular weight excluding hydrogens is 230 g/mol. The number of rotatable bonds is 9. The van der Waals surface area contributed by atoms with E-state index in [1.165, 1.54) is 4.80 Å². The fraction of sp³-hybridized carbons (Fsp3) is 0.917. The number of methoxy groups -OCH3 is 1. The Morgan fingerprint density at radius 2 is 2.06 bits per heavy atom. The van der Waals surface area contributed by atoms with Crippen LogP contribution < -0.4 is 5.32 Å². The van der Waals surface area contributed by atoms with E-state index < -0.39 is 0 Å². The summed E-state index contributed by atoms with van der Waals surface area (Å²) in [6, 6.07) is 0. The SMILES string of the molecule is CCC(CC)(CNCCOC)Cc1nnn(C)n1. The Bertz CT molecular complexity index is 335. The number of aryl methyl sites for hydroxylation is 1. The zero-order chi connectivity index (χ0) is 13.4. The van der Waals surface area contributed by atoms with Gasteiger partial charge >= 0.3 is 0 Å². The highest BCUT2D eigenvalue weighted by molar-refractivity contribution is 4.91. The summed E-state index contributed by atoms with van der Waals surface area (Å²) in [7, 11) is 3.52. The molecule has 6 heteroatoms. The first kappa shape index (κ1) is 15.0. The molecule has 0 aliphatic heterocycles. The molecule has 1 rings (SSSR count). The minimum atomic E-state index is 0.205. The predicted octanol–water partition coefficient (Wildman–Crippen LogP) is 0.795. The summed E-state index contributed by atoms with van der Waals surface area (Å²) in [5, 5.41) is 15.7. The summed E-state index contributed by atoms with van der Waals surface area (Å²) in [6.07, 6.45) is 3.07. The Morgan fingerprint density at radius 3 is 2.56 bits per heavy atom. The zero-order valence-electron chi connectivity index (χ0n) is 11.9. The van der Waals surface area contributed by atoms with Gasteiger partial charge in [0.25, 0.3) is 0 Å². The molecule has 0 aromatic carbocycles. The van der Waals surface area contributed by atoms with Crippen molar-refractivity contribution in [2.45, 2.75) is 33.1 Å². The zero-order valence-corrected chi connectivity index (χ0v) is 11.9. The summed E-state index contributed by atoms with van der Waals surface area (Å²) in [4.78, 5) is 1.52. The average molecular weight is 255 g/mol. The minimum Gasteiger partial charge on any atom is -0.383 e. The lowest BCUT2D eigenvalue weighted by Crippen LogP contribution is -2.37. The first-order valence-electron chi connectivity index (χ1n) is 6.58. The molecule has 0 spiro atoms. The van der Waals surface area contributed by atoms with Crippen molar-refractivity contribution >= 4 is 0 Å². The maximum absolute atomic E-state index is 5.04. The topological polar surface area (TPSA) is 64.9 Å². The van der Waals surface area contributed by atoms with Gasteiger partial charge in [-0.1, -0.05) is 13.8 Å². The molecule has 0 atom stereocenters. The van der Waals surface area contributed by atoms with Crippen LogP contribution in [0.2, 0.25) is 0 Å². The lowest BCUT2D eigenvalue weighted by Gasteiger charge is -2.30. The van der Waals surface area contributed by atoms with Gasteiger partial charge in [0, 0.05) is 26.6 Å². The van der Waals surface area contributed by atoms with Crippen molar-refractivity contribution < 1.29 is 4.74 Å². The number of aromatic nitrogens is 4. The van der Waals surface area contributed by atoms with Gasteiger partial charge < -0.3 is 10.1 Å². The Kier molecular flexibility index (Phi) is 6.21. The fourth-order valence-corrected chi connectivity index (χ4v) is 2.07. The summed E-state index contributed by atoms with van der Waals surface area (Å²) >= 11 is 0. The summed E-state index contributed by atoms with van der Waals surface area (Å²) < 4.78 is 5.04. The van der Waals surface area contributed by atoms with E-state index in [-0.39, 0.29) is 5.41 Å². The van der Waals surface area contributed by atoms with Gasteiger partial charge in [-0.05, 0) is 23.5 Å². The van der Waals surface area contributed by atoms with Crippen LogP contribution in [0.15, 0.2) is 0 Å². The fourth-order valence-electron chi connectivity index (χ4n) is 2.07. The molecule has 0 radical (unpaired) electrons. The minimum absolute atomic E-state index is 0.205. The predicted molar refractivity (Wildman–Crippen MR) is 70.3 cm³/mol. The highest BCUT2D eigenvalue weighted by Gasteiger charge is 2.28. The highest BCUT2D eigenvalue weighted by Crippen LogP contribution is 2.28. The van der Waals surface area contributed by atoms with E-state index in [1.54, 1.807) is 14.2 Å². The van der Waals surface area contributed by atoms with Gasteiger partial charge in [-0.15, -0.1) is 10.2 Å². The largest absolute Gasteiger partial charge is 0.383 e. The van der Waals surface area contributed by atoms with Gasteiger partial charge in [-0.2, -0.15) is 4.80 Å². The van der Waals surface area contributed by atoms with E-state index in [0.29, 0.717) is 0 Å². The van der Waals surface area contributed by atoms with Crippen molar-refractivity contribution in [2.75, 3.05) is 26.8 Å². The quantitative estimate of drug-likeness (QED) is 0.661. The number of ether oxygens (including phenoxy) is 1. The maximum Gasteiger partial charge on any atom is 0.175 e. The Labute approximate surface area is 109 Å². The third-order valence-electron chi connectivity index (χ3n) is 3.57. The number of hydrogen-bond donors (Lipinski definition) is 1. The molecule has 1 N–H and O–H groups in total. The van der Waals surface area contributed by atoms with Crippen LogP contribution in [0.4, 0.5) is 0 Å². The molecule has 0 saturated heterocycles. The lowest BCUT2D eigenvalue weighted by molar-refractivity contribution is 0.184. The monoisotopic (exact) mass is 255 g/mol. The van der Waals surface area contributed by atoms with Crippen LogP contribution in [-0.2, 0) is 18.2 Å². The molecule has 1 aromatic heterocycles. The molecule has 1 heterocycles. The van der Waals surface area contributed by atoms with Crippen LogP contribution in [0.5, 0.6) is 0 Å². The van der Waals surface area contributed by atoms with Gasteiger partial charge in [-0.3, -0.25) is 0 Å². The molecule has 104 valence electrons. The second kappa shape index (κ2) is 7.43. The van der Waals surface area contributed by atoms with Crippen LogP contribution in [-0.4, -0.2) is 47.0 Å². The van der Waals surface area contributed by atoms with Crippen LogP contribution in [0, 0.1) is 5.41 Å². The maximum atomic E-state index is 5.04. The molecule has 0 fully saturated rings. The van der Waals surface area contributed by atoms with E-state index in [0.717, 1.165) is 44.8 Å². The van der Waals surface area contributed by atoms with Crippen LogP contribution >= 0.6 is 0 Å². The Balaban J connectivity index is 2.55. The van der Waals surface area contributed by atoms with Crippen molar-refractivity contribution in [1.29, 1.82) is 0 Å². The van der Waals surface area contributed by atoms with E-state index in [1.807, 2.05) is 0 Å². The molecular formula is C12H25N5O. The normalized spacial score (nSPS) is 12.0. The highest BCUT2D eigenvalue weighted by atomic mass is 16.5. The molecule has 0 aliphatic carbocycles. The molecule has 0 saturated carbocycles. The summed E-state index contributed by atoms with van der Waals surface area (Å²) in [5.74, 6) is 0.828. The first-order valence-corrected chi connectivity index (χ1v) is 6.58. The van der Waals surface area contributed by atoms with Crippen molar-refractivity contribution in [1.82, 2.24) is 25.5 Å². The molecule has 0 unspecified atom stereocenters. The second-order valence-corrected chi connectivity index (χ2v) is 4.75. The van der Waals surface area contributed by atoms with Gasteiger partial charge in [0.05, 0.1) is 13.7 Å². The third-order valence-corrected chi connectivity index (χ3v) is 3.57. The second-order valence-electron chi connectivity index (χ2n) is 4.75. The van der Waals surface area contributed by atoms with Crippen LogP contribution in [0.25, 0.3) is 0 Å². The number of nitrogens with one attached hydrogen (secondary N) is 1. The number of nitrogens with zero attached hydrogens (tertiary/aromatic N) is 4. The van der Waals surface area contributed by atoms with Crippen molar-refractivity contribution in [2.24, 2.45) is 12.5 Å². The smallest absolute Gasteiger partial charge is 0.175 e. The lowest BCUT2D eigenvalue weighted by atomic mass is 9.79. The van der Waals surface area contributed by atoms with Crippen LogP contribution in [0.1, 0.15) is 32.5 Å². The van der Waals surface area contributed by atoms with E-state index in [4.69, 9.17) is 4.74 Å². The van der Waals surface area contributed by atoms with Crippen molar-refractivity contribution in [3.05, 3.63) is 5.82 Å². The van der Waals surface area contributed by atoms with Gasteiger partial charge in [-0.25, -0.2) is 0 Å². The Morgan fingerprint density at radius 1 is 1.33 bits per heavy atom. The number of tetrazole rings is 1. The van der Waals surface area contributed by atoms with Crippen molar-refractivity contribution in [3.8, 4) is 0 Å². The van der Waals surface area contributed by atoms with E-state index >= 15 is 0 Å². The molecule has 0 aliphatic rings. The molecule has 1 aromatic rings. The van der Waals surface area contributed by atoms with Crippen LogP contribution in [0.3, 0.4) is 0 Å². The average Bonchev–Trinajstić information content (AvgIpc) is 2.78. The molecule has 6 nitrogen and oxygen atoms in total. The van der Waals surface area contributed by atoms with Crippen molar-refractivity contribution in [3.63, 3.8) is 0 Å². The molecule has 18 heavy (non-hydrogen) atoms. The summed E-state index contributed by atoms with van der Waals surface area (Å²) in [5.41, 5.74) is 0.205. The standard InChI is InChI=1S/C12H25N5O/c1-5-12(6-2,10-13-7-8-18-4)9-11-14-16-17(3)15-11/h13H,5-10H2,1-4H3. The van der Waals surface area contributed by atoms with Gasteiger partial charge in [0.2, 0.25) is 0 Å². The van der Waals surface area contributed by atoms with Gasteiger partial charge in [0.15, 0.2) is 5.82 Å². The summed E-state index contributed by atoms with van der Waals surface area (Å²) in [6.45, 7) is 7.02. The number of hydrogen-bond acceptors (Lipinski definition) is 5. The van der Waals surface area contributed by atoms with Gasteiger partial charge in [0.1, 0.15) is 0 Å². The molecule has 0 bridgehead atoms. The Hall–Kier alpha value is -1.01. The first-order chi connectivity index (χ1) is 8.65.